The number of carboxylic acids is 1. The number of benzene rings is 1. The second kappa shape index (κ2) is 8.14. The summed E-state index contributed by atoms with van der Waals surface area (Å²) >= 11 is 1.44. The van der Waals surface area contributed by atoms with Gasteiger partial charge in [0.15, 0.2) is 0 Å². The van der Waals surface area contributed by atoms with Gasteiger partial charge in [-0.15, -0.1) is 0 Å². The maximum absolute atomic E-state index is 12.4. The third-order valence-corrected chi connectivity index (χ3v) is 5.31. The summed E-state index contributed by atoms with van der Waals surface area (Å²) in [7, 11) is 0. The number of hydrogen-bond donors (Lipinski definition) is 2. The molecule has 0 aliphatic carbocycles. The number of hydrogen-bond acceptors (Lipinski definition) is 4. The molecular weight excluding hydrogens is 352 g/mol. The average molecular weight is 372 g/mol. The van der Waals surface area contributed by atoms with E-state index in [1.54, 1.807) is 16.3 Å². The lowest BCUT2D eigenvalue weighted by Gasteiger charge is -2.16. The van der Waals surface area contributed by atoms with Crippen LogP contribution in [0.5, 0.6) is 0 Å². The molecule has 2 amide bonds. The molecule has 2 aromatic rings. The number of rotatable bonds is 6. The number of nitrogens with zero attached hydrogens (tertiary/aromatic N) is 1. The number of likely N-dealkylation sites (tertiary alicyclic amines) is 1. The minimum Gasteiger partial charge on any atom is -0.481 e. The summed E-state index contributed by atoms with van der Waals surface area (Å²) < 4.78 is 0. The third-order valence-electron chi connectivity index (χ3n) is 4.63. The molecule has 3 rings (SSSR count). The number of nitrogens with one attached hydrogen (secondary N) is 1. The van der Waals surface area contributed by atoms with E-state index in [0.29, 0.717) is 12.1 Å². The highest BCUT2D eigenvalue weighted by molar-refractivity contribution is 7.08. The molecule has 6 nitrogen and oxygen atoms in total. The first-order valence-electron chi connectivity index (χ1n) is 8.42. The molecule has 1 aliphatic heterocycles. The number of aliphatic carboxylic acids is 1. The summed E-state index contributed by atoms with van der Waals surface area (Å²) in [6.45, 7) is 0.822. The zero-order valence-electron chi connectivity index (χ0n) is 14.1. The molecule has 2 atom stereocenters. The summed E-state index contributed by atoms with van der Waals surface area (Å²) in [4.78, 5) is 37.5. The Bertz CT molecular complexity index is 776. The highest BCUT2D eigenvalue weighted by atomic mass is 32.1. The maximum atomic E-state index is 12.4. The Morgan fingerprint density at radius 2 is 1.92 bits per heavy atom. The smallest absolute Gasteiger partial charge is 0.308 e. The fraction of sp³-hybridized carbons (Fsp3) is 0.316. The van der Waals surface area contributed by atoms with Crippen LogP contribution in [-0.2, 0) is 9.59 Å². The van der Waals surface area contributed by atoms with Crippen LogP contribution in [0.25, 0.3) is 0 Å². The molecule has 2 N–H and O–H groups in total. The van der Waals surface area contributed by atoms with Crippen LogP contribution in [-0.4, -0.2) is 47.4 Å². The predicted octanol–water partition coefficient (Wildman–Crippen LogP) is 2.19. The van der Waals surface area contributed by atoms with E-state index in [1.807, 2.05) is 35.7 Å². The van der Waals surface area contributed by atoms with Gasteiger partial charge in [0.05, 0.1) is 5.92 Å². The topological polar surface area (TPSA) is 86.7 Å². The second-order valence-corrected chi connectivity index (χ2v) is 7.06. The van der Waals surface area contributed by atoms with E-state index in [1.165, 1.54) is 11.3 Å². The fourth-order valence-electron chi connectivity index (χ4n) is 3.23. The largest absolute Gasteiger partial charge is 0.481 e. The lowest BCUT2D eigenvalue weighted by molar-refractivity contribution is -0.141. The molecule has 0 unspecified atom stereocenters. The Hall–Kier alpha value is -2.67. The van der Waals surface area contributed by atoms with E-state index in [0.717, 1.165) is 5.56 Å². The number of amides is 2. The van der Waals surface area contributed by atoms with Crippen molar-refractivity contribution in [1.82, 2.24) is 10.2 Å². The van der Waals surface area contributed by atoms with Crippen LogP contribution in [0.2, 0.25) is 0 Å². The van der Waals surface area contributed by atoms with Crippen molar-refractivity contribution in [3.8, 4) is 0 Å². The number of thiophene rings is 1. The van der Waals surface area contributed by atoms with Crippen molar-refractivity contribution >= 4 is 29.1 Å². The van der Waals surface area contributed by atoms with Crippen LogP contribution in [0.1, 0.15) is 28.3 Å². The van der Waals surface area contributed by atoms with Gasteiger partial charge in [-0.25, -0.2) is 0 Å². The molecule has 7 heteroatoms. The Labute approximate surface area is 155 Å². The zero-order chi connectivity index (χ0) is 18.5. The molecular formula is C19H20N2O4S. The Morgan fingerprint density at radius 1 is 1.15 bits per heavy atom. The molecule has 1 fully saturated rings. The lowest BCUT2D eigenvalue weighted by atomic mass is 9.89. The average Bonchev–Trinajstić information content (AvgIpc) is 3.32. The third kappa shape index (κ3) is 4.11. The zero-order valence-corrected chi connectivity index (χ0v) is 14.9. The van der Waals surface area contributed by atoms with Gasteiger partial charge >= 0.3 is 5.97 Å². The van der Waals surface area contributed by atoms with Crippen molar-refractivity contribution in [2.24, 2.45) is 5.92 Å². The van der Waals surface area contributed by atoms with E-state index in [-0.39, 0.29) is 37.2 Å². The fourth-order valence-corrected chi connectivity index (χ4v) is 3.87. The standard InChI is InChI=1S/C19H20N2O4S/c22-17(6-8-20-18(23)14-7-9-26-12-14)21-10-15(16(11-21)19(24)25)13-4-2-1-3-5-13/h1-5,7,9,12,15-16H,6,8,10-11H2,(H,20,23)(H,24,25)/t15-,16-/m1/s1. The van der Waals surface area contributed by atoms with E-state index < -0.39 is 11.9 Å². The molecule has 26 heavy (non-hydrogen) atoms. The molecule has 0 spiro atoms. The van der Waals surface area contributed by atoms with Crippen molar-refractivity contribution in [2.45, 2.75) is 12.3 Å². The van der Waals surface area contributed by atoms with Crippen molar-refractivity contribution < 1.29 is 19.5 Å². The van der Waals surface area contributed by atoms with Gasteiger partial charge < -0.3 is 15.3 Å². The SMILES string of the molecule is O=C(NCCC(=O)N1C[C@H](c2ccccc2)[C@H](C(=O)O)C1)c1ccsc1. The van der Waals surface area contributed by atoms with Gasteiger partial charge in [0.1, 0.15) is 0 Å². The molecule has 1 aromatic heterocycles. The van der Waals surface area contributed by atoms with Gasteiger partial charge in [-0.3, -0.25) is 14.4 Å². The first-order valence-corrected chi connectivity index (χ1v) is 9.36. The van der Waals surface area contributed by atoms with Crippen molar-refractivity contribution in [3.05, 3.63) is 58.3 Å². The van der Waals surface area contributed by atoms with Crippen molar-refractivity contribution in [2.75, 3.05) is 19.6 Å². The van der Waals surface area contributed by atoms with Crippen LogP contribution in [0, 0.1) is 5.92 Å². The van der Waals surface area contributed by atoms with Gasteiger partial charge in [-0.1, -0.05) is 30.3 Å². The van der Waals surface area contributed by atoms with Gasteiger partial charge in [0.2, 0.25) is 5.91 Å². The van der Waals surface area contributed by atoms with Crippen LogP contribution >= 0.6 is 11.3 Å². The molecule has 0 saturated carbocycles. The summed E-state index contributed by atoms with van der Waals surface area (Å²) in [5.41, 5.74) is 1.51. The Kier molecular flexibility index (Phi) is 5.68. The summed E-state index contributed by atoms with van der Waals surface area (Å²) in [6, 6.07) is 11.2. The minimum atomic E-state index is -0.889. The number of carbonyl (C=O) groups excluding carboxylic acids is 2. The molecule has 0 bridgehead atoms. The van der Waals surface area contributed by atoms with Crippen molar-refractivity contribution in [1.29, 1.82) is 0 Å². The van der Waals surface area contributed by atoms with Crippen LogP contribution in [0.15, 0.2) is 47.2 Å². The first kappa shape index (κ1) is 18.1. The van der Waals surface area contributed by atoms with Crippen molar-refractivity contribution in [3.63, 3.8) is 0 Å². The molecule has 1 aliphatic rings. The monoisotopic (exact) mass is 372 g/mol. The predicted molar refractivity (Wildman–Crippen MR) is 98.2 cm³/mol. The first-order chi connectivity index (χ1) is 12.6. The lowest BCUT2D eigenvalue weighted by Crippen LogP contribution is -2.33. The van der Waals surface area contributed by atoms with Crippen LogP contribution in [0.4, 0.5) is 0 Å². The maximum Gasteiger partial charge on any atom is 0.308 e. The molecule has 0 radical (unpaired) electrons. The summed E-state index contributed by atoms with van der Waals surface area (Å²) in [6.07, 6.45) is 0.156. The molecule has 136 valence electrons. The normalized spacial score (nSPS) is 19.3. The van der Waals surface area contributed by atoms with Crippen LogP contribution < -0.4 is 5.32 Å². The van der Waals surface area contributed by atoms with E-state index in [2.05, 4.69) is 5.32 Å². The van der Waals surface area contributed by atoms with Gasteiger partial charge in [0, 0.05) is 42.9 Å². The quantitative estimate of drug-likeness (QED) is 0.814. The molecule has 1 aromatic carbocycles. The Balaban J connectivity index is 1.56. The van der Waals surface area contributed by atoms with Gasteiger partial charge in [0.25, 0.3) is 5.91 Å². The van der Waals surface area contributed by atoms with E-state index in [4.69, 9.17) is 0 Å². The molecule has 1 saturated heterocycles. The summed E-state index contributed by atoms with van der Waals surface area (Å²) in [5.74, 6) is -2.05. The van der Waals surface area contributed by atoms with Crippen LogP contribution in [0.3, 0.4) is 0 Å². The van der Waals surface area contributed by atoms with Gasteiger partial charge in [-0.05, 0) is 17.0 Å². The highest BCUT2D eigenvalue weighted by Crippen LogP contribution is 2.33. The number of carbonyl (C=O) groups is 3. The minimum absolute atomic E-state index is 0.139. The van der Waals surface area contributed by atoms with E-state index >= 15 is 0 Å². The molecule has 2 heterocycles. The number of carboxylic acid groups (broad SMARTS) is 1. The summed E-state index contributed by atoms with van der Waals surface area (Å²) in [5, 5.41) is 15.8. The van der Waals surface area contributed by atoms with Gasteiger partial charge in [-0.2, -0.15) is 11.3 Å². The highest BCUT2D eigenvalue weighted by Gasteiger charge is 2.40. The Morgan fingerprint density at radius 3 is 2.58 bits per heavy atom. The van der Waals surface area contributed by atoms with E-state index in [9.17, 15) is 19.5 Å². The second-order valence-electron chi connectivity index (χ2n) is 6.28.